The van der Waals surface area contributed by atoms with E-state index < -0.39 is 17.5 Å². The van der Waals surface area contributed by atoms with Gasteiger partial charge >= 0.3 is 6.18 Å². The monoisotopic (exact) mass is 454 g/mol. The van der Waals surface area contributed by atoms with Crippen LogP contribution in [0.5, 0.6) is 11.5 Å². The second-order valence-corrected chi connectivity index (χ2v) is 6.53. The molecular formula is C19H11Cl2F3N4O2. The number of aromatic nitrogens is 2. The molecule has 0 saturated heterocycles. The number of hydrogen-bond donors (Lipinski definition) is 1. The van der Waals surface area contributed by atoms with E-state index >= 15 is 0 Å². The van der Waals surface area contributed by atoms with Gasteiger partial charge in [-0.15, -0.1) is 0 Å². The summed E-state index contributed by atoms with van der Waals surface area (Å²) in [6.45, 7) is 0. The number of benzene rings is 1. The number of pyridine rings is 2. The molecule has 3 rings (SSSR count). The first-order valence-electron chi connectivity index (χ1n) is 8.17. The Bertz CT molecular complexity index is 1070. The summed E-state index contributed by atoms with van der Waals surface area (Å²) in [6, 6.07) is 7.62. The van der Waals surface area contributed by atoms with Crippen molar-refractivity contribution in [2.75, 3.05) is 5.43 Å². The standard InChI is InChI=1S/C19H11Cl2F3N4O2/c20-14-8-25-9-15(21)18(14)30-13-3-1-11(2-4-13)16(29)10-27-28-17-7-12(5-6-26-17)19(22,23)24/h1-10H,(H,26,28)/b27-10+. The number of halogens is 5. The van der Waals surface area contributed by atoms with Crippen LogP contribution in [0.25, 0.3) is 0 Å². The van der Waals surface area contributed by atoms with Gasteiger partial charge < -0.3 is 4.74 Å². The van der Waals surface area contributed by atoms with Gasteiger partial charge in [0, 0.05) is 24.2 Å². The van der Waals surface area contributed by atoms with Crippen LogP contribution in [0.3, 0.4) is 0 Å². The summed E-state index contributed by atoms with van der Waals surface area (Å²) in [4.78, 5) is 19.7. The number of nitrogens with one attached hydrogen (secondary N) is 1. The Morgan fingerprint density at radius 1 is 1.10 bits per heavy atom. The second-order valence-electron chi connectivity index (χ2n) is 5.72. The molecule has 0 bridgehead atoms. The van der Waals surface area contributed by atoms with Gasteiger partial charge in [-0.1, -0.05) is 23.2 Å². The summed E-state index contributed by atoms with van der Waals surface area (Å²) < 4.78 is 43.6. The average molecular weight is 455 g/mol. The summed E-state index contributed by atoms with van der Waals surface area (Å²) in [7, 11) is 0. The molecule has 0 aliphatic carbocycles. The number of nitrogens with zero attached hydrogens (tertiary/aromatic N) is 3. The minimum absolute atomic E-state index is 0.149. The fourth-order valence-electron chi connectivity index (χ4n) is 2.20. The van der Waals surface area contributed by atoms with Crippen molar-refractivity contribution in [2.24, 2.45) is 5.10 Å². The fraction of sp³-hybridized carbons (Fsp3) is 0.0526. The van der Waals surface area contributed by atoms with E-state index in [1.54, 1.807) is 0 Å². The number of rotatable bonds is 6. The van der Waals surface area contributed by atoms with Gasteiger partial charge in [0.2, 0.25) is 5.78 Å². The van der Waals surface area contributed by atoms with E-state index in [4.69, 9.17) is 27.9 Å². The van der Waals surface area contributed by atoms with Gasteiger partial charge in [-0.05, 0) is 36.4 Å². The zero-order chi connectivity index (χ0) is 21.7. The van der Waals surface area contributed by atoms with Gasteiger partial charge in [0.05, 0.1) is 11.8 Å². The highest BCUT2D eigenvalue weighted by Gasteiger charge is 2.30. The number of carbonyl (C=O) groups excluding carboxylic acids is 1. The molecule has 2 aromatic heterocycles. The van der Waals surface area contributed by atoms with Gasteiger partial charge in [-0.2, -0.15) is 18.3 Å². The SMILES string of the molecule is O=C(/C=N/Nc1cc(C(F)(F)F)ccn1)c1ccc(Oc2c(Cl)cncc2Cl)cc1. The summed E-state index contributed by atoms with van der Waals surface area (Å²) in [5.41, 5.74) is 1.68. The Labute approximate surface area is 178 Å². The van der Waals surface area contributed by atoms with Crippen LogP contribution in [-0.2, 0) is 6.18 Å². The van der Waals surface area contributed by atoms with Gasteiger partial charge in [-0.3, -0.25) is 15.2 Å². The maximum absolute atomic E-state index is 12.7. The lowest BCUT2D eigenvalue weighted by molar-refractivity contribution is -0.137. The zero-order valence-electron chi connectivity index (χ0n) is 14.8. The number of Topliss-reactive ketones (excluding diaryl/α,β-unsaturated/α-hetero) is 1. The maximum atomic E-state index is 12.7. The molecule has 0 atom stereocenters. The molecule has 0 aliphatic rings. The van der Waals surface area contributed by atoms with Crippen molar-refractivity contribution in [3.63, 3.8) is 0 Å². The Hall–Kier alpha value is -3.17. The van der Waals surface area contributed by atoms with Crippen molar-refractivity contribution in [1.82, 2.24) is 9.97 Å². The smallest absolute Gasteiger partial charge is 0.416 e. The fourth-order valence-corrected chi connectivity index (χ4v) is 2.64. The lowest BCUT2D eigenvalue weighted by Gasteiger charge is -2.09. The lowest BCUT2D eigenvalue weighted by Crippen LogP contribution is -2.07. The highest BCUT2D eigenvalue weighted by molar-refractivity contribution is 6.37. The first kappa shape index (κ1) is 21.5. The minimum atomic E-state index is -4.51. The van der Waals surface area contributed by atoms with Crippen LogP contribution in [0.15, 0.2) is 60.1 Å². The Morgan fingerprint density at radius 3 is 2.40 bits per heavy atom. The molecule has 1 aromatic carbocycles. The Kier molecular flexibility index (Phi) is 6.53. The predicted octanol–water partition coefficient (Wildman–Crippen LogP) is 5.88. The molecular weight excluding hydrogens is 444 g/mol. The molecule has 154 valence electrons. The summed E-state index contributed by atoms with van der Waals surface area (Å²) in [6.07, 6.45) is 0.164. The Morgan fingerprint density at radius 2 is 1.77 bits per heavy atom. The predicted molar refractivity (Wildman–Crippen MR) is 106 cm³/mol. The van der Waals surface area contributed by atoms with Crippen LogP contribution in [0, 0.1) is 0 Å². The van der Waals surface area contributed by atoms with Crippen LogP contribution in [-0.4, -0.2) is 22.0 Å². The van der Waals surface area contributed by atoms with Crippen molar-refractivity contribution >= 4 is 41.0 Å². The van der Waals surface area contributed by atoms with Crippen molar-refractivity contribution in [3.05, 3.63) is 76.2 Å². The van der Waals surface area contributed by atoms with Crippen LogP contribution < -0.4 is 10.2 Å². The molecule has 1 N–H and O–H groups in total. The second kappa shape index (κ2) is 9.10. The van der Waals surface area contributed by atoms with Crippen LogP contribution in [0.1, 0.15) is 15.9 Å². The third kappa shape index (κ3) is 5.46. The third-order valence-electron chi connectivity index (χ3n) is 3.62. The van der Waals surface area contributed by atoms with E-state index in [9.17, 15) is 18.0 Å². The number of ketones is 1. The van der Waals surface area contributed by atoms with Crippen molar-refractivity contribution in [2.45, 2.75) is 6.18 Å². The molecule has 2 heterocycles. The lowest BCUT2D eigenvalue weighted by atomic mass is 10.1. The summed E-state index contributed by atoms with van der Waals surface area (Å²) >= 11 is 12.0. The van der Waals surface area contributed by atoms with E-state index in [2.05, 4.69) is 20.5 Å². The maximum Gasteiger partial charge on any atom is 0.416 e. The van der Waals surface area contributed by atoms with Crippen LogP contribution >= 0.6 is 23.2 Å². The minimum Gasteiger partial charge on any atom is -0.454 e. The summed E-state index contributed by atoms with van der Waals surface area (Å²) in [5, 5.41) is 4.08. The van der Waals surface area contributed by atoms with E-state index in [0.717, 1.165) is 24.5 Å². The number of anilines is 1. The van der Waals surface area contributed by atoms with Crippen LogP contribution in [0.2, 0.25) is 10.0 Å². The largest absolute Gasteiger partial charge is 0.454 e. The zero-order valence-corrected chi connectivity index (χ0v) is 16.3. The molecule has 11 heteroatoms. The first-order valence-corrected chi connectivity index (χ1v) is 8.93. The molecule has 0 aliphatic heterocycles. The van der Waals surface area contributed by atoms with Gasteiger partial charge in [0.25, 0.3) is 0 Å². The van der Waals surface area contributed by atoms with E-state index in [0.29, 0.717) is 5.75 Å². The summed E-state index contributed by atoms with van der Waals surface area (Å²) in [5.74, 6) is -0.0266. The van der Waals surface area contributed by atoms with Gasteiger partial charge in [-0.25, -0.2) is 4.98 Å². The molecule has 0 unspecified atom stereocenters. The van der Waals surface area contributed by atoms with Crippen molar-refractivity contribution in [3.8, 4) is 11.5 Å². The molecule has 6 nitrogen and oxygen atoms in total. The topological polar surface area (TPSA) is 76.5 Å². The molecule has 0 radical (unpaired) electrons. The van der Waals surface area contributed by atoms with Gasteiger partial charge in [0.1, 0.15) is 21.6 Å². The Balaban J connectivity index is 1.64. The number of ether oxygens (including phenoxy) is 1. The average Bonchev–Trinajstić information content (AvgIpc) is 2.71. The van der Waals surface area contributed by atoms with Crippen molar-refractivity contribution < 1.29 is 22.7 Å². The number of hydrogen-bond acceptors (Lipinski definition) is 6. The molecule has 3 aromatic rings. The third-order valence-corrected chi connectivity index (χ3v) is 4.15. The number of alkyl halides is 3. The quantitative estimate of drug-likeness (QED) is 0.286. The molecule has 0 fully saturated rings. The van der Waals surface area contributed by atoms with Gasteiger partial charge in [0.15, 0.2) is 5.75 Å². The normalized spacial score (nSPS) is 11.5. The number of carbonyl (C=O) groups is 1. The van der Waals surface area contributed by atoms with E-state index in [1.807, 2.05) is 0 Å². The molecule has 0 saturated carbocycles. The number of hydrazone groups is 1. The van der Waals surface area contributed by atoms with E-state index in [-0.39, 0.29) is 27.2 Å². The van der Waals surface area contributed by atoms with Crippen molar-refractivity contribution in [1.29, 1.82) is 0 Å². The molecule has 30 heavy (non-hydrogen) atoms. The highest BCUT2D eigenvalue weighted by atomic mass is 35.5. The highest BCUT2D eigenvalue weighted by Crippen LogP contribution is 2.35. The van der Waals surface area contributed by atoms with E-state index in [1.165, 1.54) is 36.7 Å². The molecule has 0 amide bonds. The molecule has 0 spiro atoms. The first-order chi connectivity index (χ1) is 14.2. The van der Waals surface area contributed by atoms with Crippen LogP contribution in [0.4, 0.5) is 19.0 Å².